The summed E-state index contributed by atoms with van der Waals surface area (Å²) in [6.07, 6.45) is -1.12. The van der Waals surface area contributed by atoms with E-state index in [1.807, 2.05) is 13.8 Å². The number of fused-ring (bicyclic) bond motifs is 1. The number of carbonyl (C=O) groups excluding carboxylic acids is 2. The first-order chi connectivity index (χ1) is 19.0. The molecule has 2 aliphatic rings. The van der Waals surface area contributed by atoms with E-state index in [4.69, 9.17) is 9.47 Å². The molecule has 0 N–H and O–H groups in total. The number of hydrogen-bond donors (Lipinski definition) is 0. The maximum atomic E-state index is 13.7. The number of hydrogen-bond acceptors (Lipinski definition) is 7. The third-order valence-electron chi connectivity index (χ3n) is 6.91. The van der Waals surface area contributed by atoms with Gasteiger partial charge in [0.2, 0.25) is 0 Å². The standard InChI is InChI=1S/C28H29F3N4O4S/c1-17-14-33(15-18(2)39-17)8-9-34-26(36)25(40-27(34)37)11-19-4-7-24-21(10-19)13-32-35(24)16-20-5-6-22(38-3)12-23(20)28(29,30)31/h4-7,10-13,17-18H,8-9,14-16H2,1-3H3/t17-,18+. The zero-order chi connectivity index (χ0) is 28.6. The van der Waals surface area contributed by atoms with E-state index in [-0.39, 0.29) is 41.2 Å². The van der Waals surface area contributed by atoms with E-state index in [0.29, 0.717) is 34.5 Å². The van der Waals surface area contributed by atoms with Crippen molar-refractivity contribution in [2.45, 2.75) is 38.8 Å². The SMILES string of the molecule is COc1ccc(Cn2ncc3cc(C=C4SC(=O)N(CCN5C[C@@H](C)O[C@@H](C)C5)C4=O)ccc32)c(C(F)(F)F)c1. The van der Waals surface area contributed by atoms with Crippen LogP contribution in [0.4, 0.5) is 18.0 Å². The number of alkyl halides is 3. The van der Waals surface area contributed by atoms with Gasteiger partial charge in [-0.3, -0.25) is 24.1 Å². The number of morpholine rings is 1. The minimum absolute atomic E-state index is 0.0667. The second-order valence-corrected chi connectivity index (χ2v) is 11.0. The van der Waals surface area contributed by atoms with Crippen LogP contribution < -0.4 is 4.74 Å². The molecule has 8 nitrogen and oxygen atoms in total. The van der Waals surface area contributed by atoms with Crippen LogP contribution in [0.1, 0.15) is 30.5 Å². The molecule has 3 heterocycles. The molecule has 2 aromatic carbocycles. The van der Waals surface area contributed by atoms with E-state index in [2.05, 4.69) is 10.00 Å². The summed E-state index contributed by atoms with van der Waals surface area (Å²) in [5.41, 5.74) is 0.620. The number of amides is 2. The van der Waals surface area contributed by atoms with Gasteiger partial charge < -0.3 is 9.47 Å². The first-order valence-corrected chi connectivity index (χ1v) is 13.7. The number of rotatable bonds is 7. The lowest BCUT2D eigenvalue weighted by Crippen LogP contribution is -2.48. The fraction of sp³-hybridized carbons (Fsp3) is 0.393. The van der Waals surface area contributed by atoms with Gasteiger partial charge in [-0.25, -0.2) is 0 Å². The highest BCUT2D eigenvalue weighted by Gasteiger charge is 2.36. The summed E-state index contributed by atoms with van der Waals surface area (Å²) in [5, 5.41) is 4.69. The molecule has 2 aliphatic heterocycles. The van der Waals surface area contributed by atoms with Crippen molar-refractivity contribution in [2.24, 2.45) is 0 Å². The molecule has 2 atom stereocenters. The smallest absolute Gasteiger partial charge is 0.416 e. The van der Waals surface area contributed by atoms with Crippen molar-refractivity contribution in [3.63, 3.8) is 0 Å². The van der Waals surface area contributed by atoms with E-state index >= 15 is 0 Å². The Morgan fingerprint density at radius 3 is 2.55 bits per heavy atom. The summed E-state index contributed by atoms with van der Waals surface area (Å²) in [6.45, 7) is 6.31. The van der Waals surface area contributed by atoms with Gasteiger partial charge in [-0.2, -0.15) is 18.3 Å². The van der Waals surface area contributed by atoms with Crippen LogP contribution in [-0.2, 0) is 22.3 Å². The molecular weight excluding hydrogens is 545 g/mol. The number of halogens is 3. The quantitative estimate of drug-likeness (QED) is 0.357. The Balaban J connectivity index is 1.30. The van der Waals surface area contributed by atoms with Crippen molar-refractivity contribution < 1.29 is 32.2 Å². The van der Waals surface area contributed by atoms with Crippen LogP contribution in [0, 0.1) is 0 Å². The Morgan fingerprint density at radius 2 is 1.85 bits per heavy atom. The Hall–Kier alpha value is -3.35. The van der Waals surface area contributed by atoms with Crippen LogP contribution in [0.3, 0.4) is 0 Å². The molecule has 3 aromatic rings. The third-order valence-corrected chi connectivity index (χ3v) is 7.82. The molecule has 0 aliphatic carbocycles. The van der Waals surface area contributed by atoms with Crippen LogP contribution in [0.25, 0.3) is 17.0 Å². The number of imide groups is 1. The van der Waals surface area contributed by atoms with E-state index in [1.54, 1.807) is 30.5 Å². The van der Waals surface area contributed by atoms with E-state index in [0.717, 1.165) is 30.9 Å². The molecule has 2 saturated heterocycles. The summed E-state index contributed by atoms with van der Waals surface area (Å²) in [6, 6.07) is 9.15. The van der Waals surface area contributed by atoms with Crippen molar-refractivity contribution in [1.29, 1.82) is 0 Å². The molecular formula is C28H29F3N4O4S. The summed E-state index contributed by atoms with van der Waals surface area (Å²) < 4.78 is 53.2. The van der Waals surface area contributed by atoms with Gasteiger partial charge in [-0.1, -0.05) is 12.1 Å². The van der Waals surface area contributed by atoms with Gasteiger partial charge in [0, 0.05) is 31.6 Å². The second kappa shape index (κ2) is 11.3. The summed E-state index contributed by atoms with van der Waals surface area (Å²) in [5.74, 6) is -0.208. The topological polar surface area (TPSA) is 76.9 Å². The number of methoxy groups -OCH3 is 1. The average molecular weight is 575 g/mol. The number of aromatic nitrogens is 2. The summed E-state index contributed by atoms with van der Waals surface area (Å²) >= 11 is 0.901. The normalized spacial score (nSPS) is 21.6. The maximum absolute atomic E-state index is 13.7. The molecule has 5 rings (SSSR count). The monoisotopic (exact) mass is 574 g/mol. The van der Waals surface area contributed by atoms with Gasteiger partial charge in [-0.05, 0) is 67.1 Å². The molecule has 0 saturated carbocycles. The van der Waals surface area contributed by atoms with E-state index < -0.39 is 11.7 Å². The Morgan fingerprint density at radius 1 is 1.10 bits per heavy atom. The van der Waals surface area contributed by atoms with Crippen LogP contribution in [0.2, 0.25) is 0 Å². The van der Waals surface area contributed by atoms with Gasteiger partial charge in [0.25, 0.3) is 11.1 Å². The highest BCUT2D eigenvalue weighted by molar-refractivity contribution is 8.18. The Kier molecular flexibility index (Phi) is 7.94. The fourth-order valence-electron chi connectivity index (χ4n) is 5.12. The predicted octanol–water partition coefficient (Wildman–Crippen LogP) is 5.26. The van der Waals surface area contributed by atoms with Crippen LogP contribution in [0.15, 0.2) is 47.5 Å². The number of ether oxygens (including phenoxy) is 2. The molecule has 12 heteroatoms. The number of thioether (sulfide) groups is 1. The van der Waals surface area contributed by atoms with Crippen molar-refractivity contribution in [3.05, 3.63) is 64.2 Å². The molecule has 0 unspecified atom stereocenters. The first-order valence-electron chi connectivity index (χ1n) is 12.8. The van der Waals surface area contributed by atoms with Crippen LogP contribution >= 0.6 is 11.8 Å². The minimum Gasteiger partial charge on any atom is -0.497 e. The Bertz CT molecular complexity index is 1460. The van der Waals surface area contributed by atoms with Crippen molar-refractivity contribution >= 4 is 39.9 Å². The zero-order valence-electron chi connectivity index (χ0n) is 22.3. The largest absolute Gasteiger partial charge is 0.497 e. The molecule has 2 amide bonds. The van der Waals surface area contributed by atoms with E-state index in [1.165, 1.54) is 28.8 Å². The molecule has 0 bridgehead atoms. The lowest BCUT2D eigenvalue weighted by Gasteiger charge is -2.35. The van der Waals surface area contributed by atoms with Crippen LogP contribution in [0.5, 0.6) is 5.75 Å². The van der Waals surface area contributed by atoms with Crippen molar-refractivity contribution in [3.8, 4) is 5.75 Å². The average Bonchev–Trinajstić information content (AvgIpc) is 3.40. The lowest BCUT2D eigenvalue weighted by molar-refractivity contribution is -0.138. The molecule has 0 radical (unpaired) electrons. The molecule has 0 spiro atoms. The zero-order valence-corrected chi connectivity index (χ0v) is 23.1. The number of benzene rings is 2. The molecule has 212 valence electrons. The van der Waals surface area contributed by atoms with Crippen molar-refractivity contribution in [2.75, 3.05) is 33.3 Å². The predicted molar refractivity (Wildman–Crippen MR) is 146 cm³/mol. The fourth-order valence-corrected chi connectivity index (χ4v) is 5.98. The van der Waals surface area contributed by atoms with Gasteiger partial charge in [0.15, 0.2) is 0 Å². The molecule has 40 heavy (non-hydrogen) atoms. The summed E-state index contributed by atoms with van der Waals surface area (Å²) in [4.78, 5) is 29.4. The van der Waals surface area contributed by atoms with Gasteiger partial charge in [0.05, 0.1) is 48.0 Å². The van der Waals surface area contributed by atoms with Crippen molar-refractivity contribution in [1.82, 2.24) is 19.6 Å². The summed E-state index contributed by atoms with van der Waals surface area (Å²) in [7, 11) is 1.32. The van der Waals surface area contributed by atoms with Crippen LogP contribution in [-0.4, -0.2) is 76.2 Å². The second-order valence-electron chi connectivity index (χ2n) is 9.99. The first kappa shape index (κ1) is 28.2. The van der Waals surface area contributed by atoms with Gasteiger partial charge in [0.1, 0.15) is 5.75 Å². The number of nitrogens with zero attached hydrogens (tertiary/aromatic N) is 4. The molecule has 2 fully saturated rings. The highest BCUT2D eigenvalue weighted by atomic mass is 32.2. The lowest BCUT2D eigenvalue weighted by atomic mass is 10.1. The highest BCUT2D eigenvalue weighted by Crippen LogP contribution is 2.36. The third kappa shape index (κ3) is 6.03. The van der Waals surface area contributed by atoms with Gasteiger partial charge >= 0.3 is 6.18 Å². The number of carbonyl (C=O) groups is 2. The van der Waals surface area contributed by atoms with Gasteiger partial charge in [-0.15, -0.1) is 0 Å². The molecule has 1 aromatic heterocycles. The maximum Gasteiger partial charge on any atom is 0.416 e. The minimum atomic E-state index is -4.54. The Labute approximate surface area is 233 Å². The van der Waals surface area contributed by atoms with E-state index in [9.17, 15) is 22.8 Å².